The van der Waals surface area contributed by atoms with Crippen molar-refractivity contribution in [3.05, 3.63) is 108 Å². The molecule has 0 aliphatic carbocycles. The molecule has 3 rings (SSSR count). The van der Waals surface area contributed by atoms with Gasteiger partial charge in [0.15, 0.2) is 0 Å². The van der Waals surface area contributed by atoms with E-state index >= 15 is 0 Å². The van der Waals surface area contributed by atoms with Crippen molar-refractivity contribution < 1.29 is 4.74 Å². The van der Waals surface area contributed by atoms with Gasteiger partial charge in [0.05, 0.1) is 7.11 Å². The van der Waals surface area contributed by atoms with Crippen LogP contribution in [-0.2, 0) is 0 Å². The zero-order chi connectivity index (χ0) is 15.9. The summed E-state index contributed by atoms with van der Waals surface area (Å²) in [6.45, 7) is 0. The van der Waals surface area contributed by atoms with Crippen molar-refractivity contribution >= 4 is 6.08 Å². The lowest BCUT2D eigenvalue weighted by atomic mass is 9.90. The first-order valence-electron chi connectivity index (χ1n) is 7.79. The quantitative estimate of drug-likeness (QED) is 0.601. The molecule has 0 saturated heterocycles. The third kappa shape index (κ3) is 3.89. The van der Waals surface area contributed by atoms with Crippen LogP contribution >= 0.6 is 0 Å². The minimum Gasteiger partial charge on any atom is -0.497 e. The van der Waals surface area contributed by atoms with Crippen LogP contribution in [0.3, 0.4) is 0 Å². The van der Waals surface area contributed by atoms with Gasteiger partial charge in [0.1, 0.15) is 5.75 Å². The zero-order valence-corrected chi connectivity index (χ0v) is 13.2. The second kappa shape index (κ2) is 7.46. The second-order valence-corrected chi connectivity index (χ2v) is 5.43. The van der Waals surface area contributed by atoms with E-state index in [1.54, 1.807) is 7.11 Å². The summed E-state index contributed by atoms with van der Waals surface area (Å²) in [6, 6.07) is 29.2. The minimum absolute atomic E-state index is 0.224. The zero-order valence-electron chi connectivity index (χ0n) is 13.2. The smallest absolute Gasteiger partial charge is 0.118 e. The van der Waals surface area contributed by atoms with E-state index in [2.05, 4.69) is 78.9 Å². The highest BCUT2D eigenvalue weighted by atomic mass is 16.5. The number of rotatable bonds is 5. The summed E-state index contributed by atoms with van der Waals surface area (Å²) in [4.78, 5) is 0. The van der Waals surface area contributed by atoms with E-state index in [0.717, 1.165) is 5.75 Å². The van der Waals surface area contributed by atoms with Gasteiger partial charge in [0, 0.05) is 5.92 Å². The second-order valence-electron chi connectivity index (χ2n) is 5.43. The van der Waals surface area contributed by atoms with E-state index in [4.69, 9.17) is 4.74 Å². The highest BCUT2D eigenvalue weighted by Gasteiger charge is 2.10. The van der Waals surface area contributed by atoms with E-state index in [9.17, 15) is 0 Å². The number of hydrogen-bond donors (Lipinski definition) is 0. The molecule has 3 aromatic carbocycles. The first-order valence-corrected chi connectivity index (χ1v) is 7.79. The molecule has 0 fully saturated rings. The molecule has 0 aromatic heterocycles. The predicted molar refractivity (Wildman–Crippen MR) is 96.8 cm³/mol. The Morgan fingerprint density at radius 3 is 1.87 bits per heavy atom. The van der Waals surface area contributed by atoms with Gasteiger partial charge < -0.3 is 4.74 Å². The summed E-state index contributed by atoms with van der Waals surface area (Å²) in [7, 11) is 1.69. The van der Waals surface area contributed by atoms with Gasteiger partial charge in [-0.1, -0.05) is 84.9 Å². The molecule has 3 aromatic rings. The average molecular weight is 300 g/mol. The van der Waals surface area contributed by atoms with Crippen LogP contribution in [0.4, 0.5) is 0 Å². The molecule has 23 heavy (non-hydrogen) atoms. The molecular formula is C22H20O. The Morgan fingerprint density at radius 2 is 1.26 bits per heavy atom. The molecule has 0 spiro atoms. The Hall–Kier alpha value is -2.80. The fourth-order valence-electron chi connectivity index (χ4n) is 2.66. The molecular weight excluding hydrogens is 280 g/mol. The van der Waals surface area contributed by atoms with Gasteiger partial charge in [-0.05, 0) is 28.8 Å². The van der Waals surface area contributed by atoms with Gasteiger partial charge >= 0.3 is 0 Å². The first-order chi connectivity index (χ1) is 11.4. The number of benzene rings is 3. The molecule has 0 N–H and O–H groups in total. The van der Waals surface area contributed by atoms with Crippen LogP contribution in [0.1, 0.15) is 22.6 Å². The molecule has 1 atom stereocenters. The van der Waals surface area contributed by atoms with Gasteiger partial charge in [0.25, 0.3) is 0 Å². The lowest BCUT2D eigenvalue weighted by Crippen LogP contribution is -1.97. The lowest BCUT2D eigenvalue weighted by Gasteiger charge is -2.14. The third-order valence-corrected chi connectivity index (χ3v) is 3.91. The van der Waals surface area contributed by atoms with Crippen LogP contribution in [0, 0.1) is 0 Å². The van der Waals surface area contributed by atoms with E-state index in [-0.39, 0.29) is 5.92 Å². The van der Waals surface area contributed by atoms with Crippen molar-refractivity contribution in [2.75, 3.05) is 7.11 Å². The van der Waals surface area contributed by atoms with Crippen LogP contribution in [-0.4, -0.2) is 7.11 Å². The van der Waals surface area contributed by atoms with E-state index in [1.165, 1.54) is 16.7 Å². The summed E-state index contributed by atoms with van der Waals surface area (Å²) in [6.07, 6.45) is 4.44. The molecule has 1 unspecified atom stereocenters. The highest BCUT2D eigenvalue weighted by Crippen LogP contribution is 2.28. The van der Waals surface area contributed by atoms with Crippen molar-refractivity contribution in [2.24, 2.45) is 0 Å². The summed E-state index contributed by atoms with van der Waals surface area (Å²) in [5, 5.41) is 0. The van der Waals surface area contributed by atoms with Crippen LogP contribution in [0.5, 0.6) is 5.75 Å². The third-order valence-electron chi connectivity index (χ3n) is 3.91. The molecule has 0 amide bonds. The molecule has 0 heterocycles. The first kappa shape index (κ1) is 15.1. The Balaban J connectivity index is 1.95. The van der Waals surface area contributed by atoms with Crippen molar-refractivity contribution in [2.45, 2.75) is 5.92 Å². The molecule has 0 saturated carbocycles. The number of methoxy groups -OCH3 is 1. The summed E-state index contributed by atoms with van der Waals surface area (Å²) < 4.78 is 5.27. The molecule has 0 radical (unpaired) electrons. The van der Waals surface area contributed by atoms with Gasteiger partial charge in [-0.25, -0.2) is 0 Å². The van der Waals surface area contributed by atoms with Gasteiger partial charge in [-0.3, -0.25) is 0 Å². The molecule has 0 bridgehead atoms. The normalized spacial score (nSPS) is 12.2. The Bertz CT molecular complexity index is 743. The van der Waals surface area contributed by atoms with Gasteiger partial charge in [-0.15, -0.1) is 0 Å². The number of hydrogen-bond acceptors (Lipinski definition) is 1. The topological polar surface area (TPSA) is 9.23 Å². The lowest BCUT2D eigenvalue weighted by molar-refractivity contribution is 0.414. The van der Waals surface area contributed by atoms with Crippen molar-refractivity contribution in [1.29, 1.82) is 0 Å². The SMILES string of the molecule is COc1ccc(C(C=Cc2ccccc2)c2ccccc2)cc1. The van der Waals surface area contributed by atoms with Gasteiger partial charge in [-0.2, -0.15) is 0 Å². The fraction of sp³-hybridized carbons (Fsp3) is 0.0909. The maximum Gasteiger partial charge on any atom is 0.118 e. The average Bonchev–Trinajstić information content (AvgIpc) is 2.64. The van der Waals surface area contributed by atoms with E-state index in [0.29, 0.717) is 0 Å². The van der Waals surface area contributed by atoms with Crippen molar-refractivity contribution in [3.63, 3.8) is 0 Å². The standard InChI is InChI=1S/C22H20O/c1-23-21-15-13-20(14-16-21)22(19-10-6-3-7-11-19)17-12-18-8-4-2-5-9-18/h2-17,22H,1H3. The summed E-state index contributed by atoms with van der Waals surface area (Å²) in [5.74, 6) is 1.11. The van der Waals surface area contributed by atoms with E-state index in [1.807, 2.05) is 18.2 Å². The van der Waals surface area contributed by atoms with Crippen LogP contribution in [0.2, 0.25) is 0 Å². The maximum absolute atomic E-state index is 5.27. The van der Waals surface area contributed by atoms with Crippen LogP contribution < -0.4 is 4.74 Å². The number of ether oxygens (including phenoxy) is 1. The Labute approximate surface area is 137 Å². The summed E-state index contributed by atoms with van der Waals surface area (Å²) >= 11 is 0. The highest BCUT2D eigenvalue weighted by molar-refractivity contribution is 5.53. The Morgan fingerprint density at radius 1 is 0.696 bits per heavy atom. The molecule has 0 aliphatic heterocycles. The molecule has 1 nitrogen and oxygen atoms in total. The molecule has 114 valence electrons. The monoisotopic (exact) mass is 300 g/mol. The minimum atomic E-state index is 0.224. The van der Waals surface area contributed by atoms with Crippen LogP contribution in [0.25, 0.3) is 6.08 Å². The number of allylic oxidation sites excluding steroid dienone is 1. The fourth-order valence-corrected chi connectivity index (χ4v) is 2.66. The van der Waals surface area contributed by atoms with Gasteiger partial charge in [0.2, 0.25) is 0 Å². The predicted octanol–water partition coefficient (Wildman–Crippen LogP) is 5.54. The van der Waals surface area contributed by atoms with E-state index < -0.39 is 0 Å². The Kier molecular flexibility index (Phi) is 4.90. The van der Waals surface area contributed by atoms with Crippen molar-refractivity contribution in [1.82, 2.24) is 0 Å². The molecule has 1 heteroatoms. The van der Waals surface area contributed by atoms with Crippen LogP contribution in [0.15, 0.2) is 91.0 Å². The molecule has 0 aliphatic rings. The van der Waals surface area contributed by atoms with Crippen molar-refractivity contribution in [3.8, 4) is 5.75 Å². The summed E-state index contributed by atoms with van der Waals surface area (Å²) in [5.41, 5.74) is 3.75. The largest absolute Gasteiger partial charge is 0.497 e. The maximum atomic E-state index is 5.27.